The van der Waals surface area contributed by atoms with Gasteiger partial charge in [-0.2, -0.15) is 0 Å². The Morgan fingerprint density at radius 1 is 0.268 bits per heavy atom. The molecule has 0 saturated carbocycles. The van der Waals surface area contributed by atoms with Crippen molar-refractivity contribution in [1.82, 2.24) is 29.9 Å². The summed E-state index contributed by atoms with van der Waals surface area (Å²) in [5, 5.41) is 4.05. The number of hydrogen-bond acceptors (Lipinski definition) is 8. The van der Waals surface area contributed by atoms with Gasteiger partial charge in [0.05, 0.1) is 11.4 Å². The number of nitrogens with one attached hydrogen (secondary N) is 1. The van der Waals surface area contributed by atoms with Crippen molar-refractivity contribution in [3.05, 3.63) is 302 Å². The third-order valence-electron chi connectivity index (χ3n) is 15.2. The highest BCUT2D eigenvalue weighted by atomic mass is 15.1. The van der Waals surface area contributed by atoms with E-state index in [2.05, 4.69) is 163 Å². The largest absolute Gasteiger partial charge is 0.359 e. The third kappa shape index (κ3) is 10.2. The zero-order chi connectivity index (χ0) is 54.6. The number of aliphatic imine (C=N–C) groups is 1. The number of aromatic nitrogens is 6. The molecule has 1 aliphatic carbocycles. The number of rotatable bonds is 12. The van der Waals surface area contributed by atoms with Crippen LogP contribution >= 0.6 is 0 Å². The van der Waals surface area contributed by atoms with Gasteiger partial charge in [-0.15, -0.1) is 0 Å². The molecule has 8 heteroatoms. The second-order valence-corrected chi connectivity index (χ2v) is 20.5. The van der Waals surface area contributed by atoms with Crippen molar-refractivity contribution in [2.75, 3.05) is 5.32 Å². The number of benzene rings is 10. The summed E-state index contributed by atoms with van der Waals surface area (Å²) in [5.74, 6) is 3.77. The molecule has 0 amide bonds. The molecule has 0 fully saturated rings. The Hall–Kier alpha value is -10.8. The molecule has 1 N–H and O–H groups in total. The van der Waals surface area contributed by atoms with E-state index in [1.165, 1.54) is 0 Å². The van der Waals surface area contributed by atoms with E-state index in [0.717, 1.165) is 112 Å². The van der Waals surface area contributed by atoms with Crippen LogP contribution < -0.4 is 5.32 Å². The summed E-state index contributed by atoms with van der Waals surface area (Å²) < 4.78 is 0. The standard InChI is InChI=1S/C74H52N8/c1-7-21-49(22-8-1)59-33-19-35-61(45-59)63-47-64(62-36-20-34-60(46-62)50-23-9-2-10-24-50)67-65(48-63)66(51-37-39-57(40-38-51)73-79-69(52-25-11-3-12-26-52)77-70(80-73)53-27-13-4-14-28-53)75-68(76-67)56-41-43-58(44-42-56)74-81-71(54-29-15-5-16-30-54)78-72(82-74)55-31-17-6-18-32-55/h1-41,43,45-48,68,76H,42,44H2. The Kier molecular flexibility index (Phi) is 13.3. The molecule has 1 atom stereocenters. The number of nitrogens with zero attached hydrogens (tertiary/aromatic N) is 7. The van der Waals surface area contributed by atoms with Gasteiger partial charge >= 0.3 is 0 Å². The molecule has 0 saturated heterocycles. The molecule has 12 aromatic rings. The quantitative estimate of drug-likeness (QED) is 0.130. The first kappa shape index (κ1) is 49.5. The minimum absolute atomic E-state index is 0.396. The first-order chi connectivity index (χ1) is 40.6. The fraction of sp³-hybridized carbons (Fsp3) is 0.0405. The van der Waals surface area contributed by atoms with Gasteiger partial charge in [0.25, 0.3) is 0 Å². The average molecular weight is 1050 g/mol. The van der Waals surface area contributed by atoms with Crippen LogP contribution in [-0.4, -0.2) is 41.8 Å². The van der Waals surface area contributed by atoms with Crippen LogP contribution in [0.3, 0.4) is 0 Å². The lowest BCUT2D eigenvalue weighted by molar-refractivity contribution is 0.791. The summed E-state index contributed by atoms with van der Waals surface area (Å²) in [7, 11) is 0. The first-order valence-corrected chi connectivity index (χ1v) is 27.7. The predicted molar refractivity (Wildman–Crippen MR) is 333 cm³/mol. The van der Waals surface area contributed by atoms with Gasteiger partial charge in [-0.1, -0.05) is 255 Å². The summed E-state index contributed by atoms with van der Waals surface area (Å²) >= 11 is 0. The van der Waals surface area contributed by atoms with Crippen LogP contribution in [0.5, 0.6) is 0 Å². The van der Waals surface area contributed by atoms with Crippen molar-refractivity contribution < 1.29 is 0 Å². The maximum atomic E-state index is 5.76. The van der Waals surface area contributed by atoms with Gasteiger partial charge in [0.1, 0.15) is 6.17 Å². The van der Waals surface area contributed by atoms with Crippen LogP contribution in [0, 0.1) is 0 Å². The van der Waals surface area contributed by atoms with Crippen LogP contribution in [0.15, 0.2) is 290 Å². The fourth-order valence-electron chi connectivity index (χ4n) is 10.9. The molecule has 0 radical (unpaired) electrons. The number of hydrogen-bond donors (Lipinski definition) is 1. The van der Waals surface area contributed by atoms with Crippen LogP contribution in [0.1, 0.15) is 29.8 Å². The van der Waals surface area contributed by atoms with Crippen molar-refractivity contribution in [2.45, 2.75) is 19.0 Å². The zero-order valence-electron chi connectivity index (χ0n) is 44.7. The van der Waals surface area contributed by atoms with Crippen LogP contribution in [0.25, 0.3) is 107 Å². The molecule has 14 rings (SSSR count). The Balaban J connectivity index is 0.922. The van der Waals surface area contributed by atoms with Crippen molar-refractivity contribution in [3.8, 4) is 101 Å². The molecular weight excluding hydrogens is 1000 g/mol. The van der Waals surface area contributed by atoms with E-state index in [9.17, 15) is 0 Å². The van der Waals surface area contributed by atoms with Gasteiger partial charge in [0.15, 0.2) is 34.9 Å². The van der Waals surface area contributed by atoms with E-state index >= 15 is 0 Å². The second kappa shape index (κ2) is 22.1. The van der Waals surface area contributed by atoms with Crippen molar-refractivity contribution >= 4 is 17.0 Å². The summed E-state index contributed by atoms with van der Waals surface area (Å²) in [4.78, 5) is 36.0. The number of allylic oxidation sites excluding steroid dienone is 3. The van der Waals surface area contributed by atoms with Gasteiger partial charge in [0, 0.05) is 44.5 Å². The molecule has 0 spiro atoms. The van der Waals surface area contributed by atoms with E-state index in [-0.39, 0.29) is 0 Å². The van der Waals surface area contributed by atoms with Crippen LogP contribution in [-0.2, 0) is 0 Å². The summed E-state index contributed by atoms with van der Waals surface area (Å²) in [6.45, 7) is 0. The van der Waals surface area contributed by atoms with Gasteiger partial charge < -0.3 is 5.32 Å². The molecule has 2 aromatic heterocycles. The Bertz CT molecular complexity index is 4260. The summed E-state index contributed by atoms with van der Waals surface area (Å²) in [6.07, 6.45) is 5.44. The molecule has 0 bridgehead atoms. The molecule has 3 heterocycles. The van der Waals surface area contributed by atoms with Crippen molar-refractivity contribution in [2.24, 2.45) is 4.99 Å². The number of anilines is 1. The highest BCUT2D eigenvalue weighted by Crippen LogP contribution is 2.43. The lowest BCUT2D eigenvalue weighted by Gasteiger charge is -2.31. The lowest BCUT2D eigenvalue weighted by Crippen LogP contribution is -2.29. The second-order valence-electron chi connectivity index (χ2n) is 20.5. The smallest absolute Gasteiger partial charge is 0.164 e. The zero-order valence-corrected chi connectivity index (χ0v) is 44.7. The van der Waals surface area contributed by atoms with Crippen LogP contribution in [0.4, 0.5) is 5.69 Å². The molecule has 2 aliphatic rings. The maximum Gasteiger partial charge on any atom is 0.164 e. The van der Waals surface area contributed by atoms with E-state index < -0.39 is 6.17 Å². The van der Waals surface area contributed by atoms with Crippen molar-refractivity contribution in [3.63, 3.8) is 0 Å². The van der Waals surface area contributed by atoms with E-state index in [1.54, 1.807) is 0 Å². The average Bonchev–Trinajstić information content (AvgIpc) is 3.73. The molecule has 1 aliphatic heterocycles. The SMILES string of the molecule is C1=C(c2nc(-c3ccccc3)nc(-c3ccccc3)n2)CCC(C2N=C(c3ccc(-c4nc(-c5ccccc5)nc(-c5ccccc5)n4)cc3)c3cc(-c4cccc(-c5ccccc5)c4)cc(-c4cccc(-c5ccccc5)c4)c3N2)=C1. The van der Waals surface area contributed by atoms with E-state index in [1.807, 2.05) is 121 Å². The van der Waals surface area contributed by atoms with Crippen LogP contribution in [0.2, 0.25) is 0 Å². The van der Waals surface area contributed by atoms with Gasteiger partial charge in [-0.25, -0.2) is 29.9 Å². The highest BCUT2D eigenvalue weighted by molar-refractivity contribution is 6.19. The predicted octanol–water partition coefficient (Wildman–Crippen LogP) is 17.5. The van der Waals surface area contributed by atoms with E-state index in [0.29, 0.717) is 41.4 Å². The summed E-state index contributed by atoms with van der Waals surface area (Å²) in [6, 6.07) is 92.6. The van der Waals surface area contributed by atoms with E-state index in [4.69, 9.17) is 34.9 Å². The monoisotopic (exact) mass is 1050 g/mol. The fourth-order valence-corrected chi connectivity index (χ4v) is 10.9. The van der Waals surface area contributed by atoms with Gasteiger partial charge in [-0.3, -0.25) is 4.99 Å². The molecule has 10 aromatic carbocycles. The molecule has 8 nitrogen and oxygen atoms in total. The highest BCUT2D eigenvalue weighted by Gasteiger charge is 2.29. The third-order valence-corrected chi connectivity index (χ3v) is 15.2. The first-order valence-electron chi connectivity index (χ1n) is 27.7. The van der Waals surface area contributed by atoms with Gasteiger partial charge in [0.2, 0.25) is 0 Å². The minimum Gasteiger partial charge on any atom is -0.359 e. The minimum atomic E-state index is -0.396. The van der Waals surface area contributed by atoms with Gasteiger partial charge in [-0.05, 0) is 87.2 Å². The summed E-state index contributed by atoms with van der Waals surface area (Å²) in [5.41, 5.74) is 19.6. The molecule has 82 heavy (non-hydrogen) atoms. The Morgan fingerprint density at radius 2 is 0.622 bits per heavy atom. The maximum absolute atomic E-state index is 5.76. The molecular formula is C74H52N8. The number of fused-ring (bicyclic) bond motifs is 1. The molecule has 1 unspecified atom stereocenters. The Labute approximate surface area is 476 Å². The molecule has 388 valence electrons. The normalized spacial score (nSPS) is 13.7. The Morgan fingerprint density at radius 3 is 1.06 bits per heavy atom. The topological polar surface area (TPSA) is 102 Å². The lowest BCUT2D eigenvalue weighted by atomic mass is 9.86. The van der Waals surface area contributed by atoms with Crippen molar-refractivity contribution in [1.29, 1.82) is 0 Å².